The second-order valence-electron chi connectivity index (χ2n) is 2.81. The van der Waals surface area contributed by atoms with Gasteiger partial charge in [0.2, 0.25) is 0 Å². The lowest BCUT2D eigenvalue weighted by molar-refractivity contribution is -0.151. The van der Waals surface area contributed by atoms with Crippen LogP contribution in [0.3, 0.4) is 0 Å². The van der Waals surface area contributed by atoms with Gasteiger partial charge in [0.05, 0.1) is 12.7 Å². The van der Waals surface area contributed by atoms with Crippen LogP contribution < -0.4 is 5.32 Å². The Hall–Kier alpha value is -2.10. The number of hydrogen-bond donors (Lipinski definition) is 1. The van der Waals surface area contributed by atoms with Crippen molar-refractivity contribution in [2.24, 2.45) is 0 Å². The number of amides is 2. The minimum Gasteiger partial charge on any atom is -0.465 e. The molecule has 0 radical (unpaired) electrons. The first-order valence-electron chi connectivity index (χ1n) is 4.58. The molecular formula is C9H13N3O4. The molecular weight excluding hydrogens is 214 g/mol. The van der Waals surface area contributed by atoms with E-state index in [0.717, 1.165) is 4.90 Å². The smallest absolute Gasteiger partial charge is 0.325 e. The fraction of sp³-hybridized carbons (Fsp3) is 0.556. The Morgan fingerprint density at radius 3 is 2.56 bits per heavy atom. The molecule has 0 aromatic heterocycles. The first-order valence-corrected chi connectivity index (χ1v) is 4.58. The van der Waals surface area contributed by atoms with E-state index in [1.165, 1.54) is 7.05 Å². The number of esters is 1. The van der Waals surface area contributed by atoms with E-state index in [0.29, 0.717) is 0 Å². The van der Waals surface area contributed by atoms with Gasteiger partial charge in [-0.25, -0.2) is 0 Å². The van der Waals surface area contributed by atoms with Crippen LogP contribution in [-0.4, -0.2) is 49.4 Å². The molecule has 0 unspecified atom stereocenters. The molecule has 0 heterocycles. The van der Waals surface area contributed by atoms with E-state index in [-0.39, 0.29) is 19.7 Å². The second-order valence-corrected chi connectivity index (χ2v) is 2.81. The summed E-state index contributed by atoms with van der Waals surface area (Å²) in [7, 11) is 1.30. The van der Waals surface area contributed by atoms with E-state index in [1.54, 1.807) is 13.0 Å². The van der Waals surface area contributed by atoms with Crippen LogP contribution in [0.5, 0.6) is 0 Å². The SMILES string of the molecule is CCOC(=O)CN(C)C(=O)C(=O)NCC#N. The Morgan fingerprint density at radius 2 is 2.06 bits per heavy atom. The molecule has 0 rings (SSSR count). The summed E-state index contributed by atoms with van der Waals surface area (Å²) in [5.41, 5.74) is 0. The Balaban J connectivity index is 4.13. The molecule has 0 aliphatic rings. The lowest BCUT2D eigenvalue weighted by Gasteiger charge is -2.14. The van der Waals surface area contributed by atoms with Gasteiger partial charge in [-0.05, 0) is 6.92 Å². The van der Waals surface area contributed by atoms with E-state index in [2.05, 4.69) is 10.1 Å². The summed E-state index contributed by atoms with van der Waals surface area (Å²) < 4.78 is 4.61. The molecule has 0 aromatic carbocycles. The van der Waals surface area contributed by atoms with Crippen molar-refractivity contribution in [3.63, 3.8) is 0 Å². The van der Waals surface area contributed by atoms with Crippen LogP contribution in [0.4, 0.5) is 0 Å². The van der Waals surface area contributed by atoms with Gasteiger partial charge in [0.1, 0.15) is 13.1 Å². The van der Waals surface area contributed by atoms with E-state index >= 15 is 0 Å². The zero-order valence-corrected chi connectivity index (χ0v) is 9.15. The van der Waals surface area contributed by atoms with Gasteiger partial charge in [-0.15, -0.1) is 0 Å². The number of nitriles is 1. The monoisotopic (exact) mass is 227 g/mol. The van der Waals surface area contributed by atoms with Gasteiger partial charge in [0.25, 0.3) is 0 Å². The highest BCUT2D eigenvalue weighted by molar-refractivity contribution is 6.35. The van der Waals surface area contributed by atoms with Crippen molar-refractivity contribution in [3.05, 3.63) is 0 Å². The molecule has 0 spiro atoms. The molecule has 0 atom stereocenters. The van der Waals surface area contributed by atoms with E-state index in [4.69, 9.17) is 5.26 Å². The predicted molar refractivity (Wildman–Crippen MR) is 52.9 cm³/mol. The van der Waals surface area contributed by atoms with Crippen molar-refractivity contribution < 1.29 is 19.1 Å². The van der Waals surface area contributed by atoms with Gasteiger partial charge >= 0.3 is 17.8 Å². The number of nitrogens with zero attached hydrogens (tertiary/aromatic N) is 2. The average molecular weight is 227 g/mol. The van der Waals surface area contributed by atoms with Crippen LogP contribution in [0.15, 0.2) is 0 Å². The van der Waals surface area contributed by atoms with Crippen LogP contribution >= 0.6 is 0 Å². The summed E-state index contributed by atoms with van der Waals surface area (Å²) in [5, 5.41) is 10.3. The fourth-order valence-corrected chi connectivity index (χ4v) is 0.841. The van der Waals surface area contributed by atoms with Crippen LogP contribution in [0.25, 0.3) is 0 Å². The molecule has 0 saturated carbocycles. The second kappa shape index (κ2) is 7.23. The molecule has 0 aliphatic heterocycles. The third kappa shape index (κ3) is 4.95. The normalized spacial score (nSPS) is 8.81. The summed E-state index contributed by atoms with van der Waals surface area (Å²) in [6.07, 6.45) is 0. The summed E-state index contributed by atoms with van der Waals surface area (Å²) in [4.78, 5) is 34.3. The van der Waals surface area contributed by atoms with Crippen molar-refractivity contribution in [2.45, 2.75) is 6.92 Å². The molecule has 88 valence electrons. The summed E-state index contributed by atoms with van der Waals surface area (Å²) in [6, 6.07) is 1.66. The van der Waals surface area contributed by atoms with Crippen molar-refractivity contribution in [1.82, 2.24) is 10.2 Å². The Kier molecular flexibility index (Phi) is 6.28. The highest BCUT2D eigenvalue weighted by Gasteiger charge is 2.20. The minimum atomic E-state index is -0.923. The number of nitrogens with one attached hydrogen (secondary N) is 1. The third-order valence-electron chi connectivity index (χ3n) is 1.54. The van der Waals surface area contributed by atoms with Crippen molar-refractivity contribution in [3.8, 4) is 6.07 Å². The molecule has 7 heteroatoms. The molecule has 0 aliphatic carbocycles. The molecule has 0 bridgehead atoms. The van der Waals surface area contributed by atoms with Gasteiger partial charge in [-0.1, -0.05) is 0 Å². The largest absolute Gasteiger partial charge is 0.465 e. The Labute approximate surface area is 93.0 Å². The Morgan fingerprint density at radius 1 is 1.44 bits per heavy atom. The lowest BCUT2D eigenvalue weighted by atomic mass is 10.4. The van der Waals surface area contributed by atoms with E-state index in [1.807, 2.05) is 0 Å². The minimum absolute atomic E-state index is 0.210. The van der Waals surface area contributed by atoms with Crippen LogP contribution in [0, 0.1) is 11.3 Å². The van der Waals surface area contributed by atoms with E-state index < -0.39 is 17.8 Å². The maximum absolute atomic E-state index is 11.3. The summed E-state index contributed by atoms with van der Waals surface area (Å²) >= 11 is 0. The average Bonchev–Trinajstić information content (AvgIpc) is 2.24. The quantitative estimate of drug-likeness (QED) is 0.363. The standard InChI is InChI=1S/C9H13N3O4/c1-3-16-7(13)6-12(2)9(15)8(14)11-5-4-10/h3,5-6H2,1-2H3,(H,11,14). The topological polar surface area (TPSA) is 99.5 Å². The third-order valence-corrected chi connectivity index (χ3v) is 1.54. The van der Waals surface area contributed by atoms with Crippen molar-refractivity contribution in [2.75, 3.05) is 26.7 Å². The number of carbonyl (C=O) groups excluding carboxylic acids is 3. The number of ether oxygens (including phenoxy) is 1. The van der Waals surface area contributed by atoms with Gasteiger partial charge in [0.15, 0.2) is 0 Å². The highest BCUT2D eigenvalue weighted by Crippen LogP contribution is 1.88. The molecule has 0 saturated heterocycles. The molecule has 1 N–H and O–H groups in total. The van der Waals surface area contributed by atoms with Gasteiger partial charge in [-0.3, -0.25) is 14.4 Å². The Bertz CT molecular complexity index is 321. The van der Waals surface area contributed by atoms with Crippen molar-refractivity contribution >= 4 is 17.8 Å². The van der Waals surface area contributed by atoms with Gasteiger partial charge in [0, 0.05) is 7.05 Å². The van der Waals surface area contributed by atoms with Crippen molar-refractivity contribution in [1.29, 1.82) is 5.26 Å². The number of carbonyl (C=O) groups is 3. The molecule has 7 nitrogen and oxygen atoms in total. The maximum atomic E-state index is 11.3. The number of rotatable bonds is 4. The molecule has 0 aromatic rings. The van der Waals surface area contributed by atoms with E-state index in [9.17, 15) is 14.4 Å². The number of hydrogen-bond acceptors (Lipinski definition) is 5. The zero-order valence-electron chi connectivity index (χ0n) is 9.15. The summed E-state index contributed by atoms with van der Waals surface area (Å²) in [5.74, 6) is -2.40. The van der Waals surface area contributed by atoms with Crippen LogP contribution in [0.2, 0.25) is 0 Å². The zero-order chi connectivity index (χ0) is 12.6. The highest BCUT2D eigenvalue weighted by atomic mass is 16.5. The van der Waals surface area contributed by atoms with Gasteiger partial charge < -0.3 is 15.0 Å². The molecule has 16 heavy (non-hydrogen) atoms. The number of likely N-dealkylation sites (N-methyl/N-ethyl adjacent to an activating group) is 1. The fourth-order valence-electron chi connectivity index (χ4n) is 0.841. The first-order chi connectivity index (χ1) is 7.52. The van der Waals surface area contributed by atoms with Gasteiger partial charge in [-0.2, -0.15) is 5.26 Å². The molecule has 2 amide bonds. The first kappa shape index (κ1) is 13.9. The predicted octanol–water partition coefficient (Wildman–Crippen LogP) is -1.35. The van der Waals surface area contributed by atoms with Crippen LogP contribution in [-0.2, 0) is 19.1 Å². The molecule has 0 fully saturated rings. The maximum Gasteiger partial charge on any atom is 0.325 e. The van der Waals surface area contributed by atoms with Crippen LogP contribution in [0.1, 0.15) is 6.92 Å². The summed E-state index contributed by atoms with van der Waals surface area (Å²) in [6.45, 7) is 1.30. The lowest BCUT2D eigenvalue weighted by Crippen LogP contribution is -2.43.